The fourth-order valence-corrected chi connectivity index (χ4v) is 1.59. The van der Waals surface area contributed by atoms with Crippen molar-refractivity contribution < 1.29 is 4.43 Å². The average molecular weight is 177 g/mol. The van der Waals surface area contributed by atoms with Crippen LogP contribution in [0.4, 0.5) is 0 Å². The van der Waals surface area contributed by atoms with Gasteiger partial charge in [0.2, 0.25) is 0 Å². The summed E-state index contributed by atoms with van der Waals surface area (Å²) < 4.78 is 5.67. The quantitative estimate of drug-likeness (QED) is 0.645. The predicted octanol–water partition coefficient (Wildman–Crippen LogP) is 2.96. The molecular formula is C10H13OSi. The summed E-state index contributed by atoms with van der Waals surface area (Å²) in [5.74, 6) is 0.950. The predicted molar refractivity (Wildman–Crippen MR) is 54.6 cm³/mol. The van der Waals surface area contributed by atoms with Crippen LogP contribution in [0.5, 0.6) is 5.75 Å². The molecule has 0 amide bonds. The summed E-state index contributed by atoms with van der Waals surface area (Å²) in [6, 6.07) is 7.95. The van der Waals surface area contributed by atoms with Crippen LogP contribution in [-0.2, 0) is 0 Å². The van der Waals surface area contributed by atoms with Gasteiger partial charge in [-0.3, -0.25) is 0 Å². The molecule has 0 spiro atoms. The molecular weight excluding hydrogens is 164 g/mol. The molecule has 0 aliphatic heterocycles. The van der Waals surface area contributed by atoms with Crippen LogP contribution in [0.25, 0.3) is 6.08 Å². The maximum Gasteiger partial charge on any atom is 0.274 e. The minimum absolute atomic E-state index is 0.667. The van der Waals surface area contributed by atoms with Gasteiger partial charge < -0.3 is 4.43 Å². The van der Waals surface area contributed by atoms with E-state index < -0.39 is 9.04 Å². The molecule has 0 unspecified atom stereocenters. The van der Waals surface area contributed by atoms with Gasteiger partial charge in [-0.15, -0.1) is 0 Å². The van der Waals surface area contributed by atoms with Gasteiger partial charge >= 0.3 is 0 Å². The smallest absolute Gasteiger partial charge is 0.274 e. The second-order valence-electron chi connectivity index (χ2n) is 2.75. The molecule has 0 heterocycles. The first-order valence-corrected chi connectivity index (χ1v) is 6.34. The molecule has 1 aromatic rings. The highest BCUT2D eigenvalue weighted by atomic mass is 28.3. The Balaban J connectivity index is 2.89. The lowest BCUT2D eigenvalue weighted by atomic mass is 10.2. The van der Waals surface area contributed by atoms with Crippen LogP contribution >= 0.6 is 0 Å². The Morgan fingerprint density at radius 2 is 2.00 bits per heavy atom. The highest BCUT2D eigenvalue weighted by Gasteiger charge is 2.02. The van der Waals surface area contributed by atoms with Crippen LogP contribution in [0, 0.1) is 0 Å². The highest BCUT2D eigenvalue weighted by molar-refractivity contribution is 6.49. The van der Waals surface area contributed by atoms with Gasteiger partial charge in [-0.1, -0.05) is 30.9 Å². The van der Waals surface area contributed by atoms with E-state index in [1.165, 1.54) is 0 Å². The van der Waals surface area contributed by atoms with E-state index in [0.717, 1.165) is 11.3 Å². The molecule has 1 radical (unpaired) electrons. The number of rotatable bonds is 3. The Hall–Kier alpha value is -1.02. The van der Waals surface area contributed by atoms with Gasteiger partial charge in [0.15, 0.2) is 0 Å². The van der Waals surface area contributed by atoms with Crippen LogP contribution in [0.15, 0.2) is 30.8 Å². The Kier molecular flexibility index (Phi) is 3.11. The number of hydrogen-bond donors (Lipinski definition) is 0. The summed E-state index contributed by atoms with van der Waals surface area (Å²) >= 11 is 0. The van der Waals surface area contributed by atoms with Gasteiger partial charge in [-0.2, -0.15) is 0 Å². The molecule has 0 saturated carbocycles. The SMILES string of the molecule is C=Cc1ccccc1O[Si](C)C. The van der Waals surface area contributed by atoms with E-state index in [-0.39, 0.29) is 0 Å². The minimum atomic E-state index is -0.667. The second kappa shape index (κ2) is 4.12. The molecule has 0 atom stereocenters. The van der Waals surface area contributed by atoms with Crippen molar-refractivity contribution in [3.05, 3.63) is 36.4 Å². The maximum atomic E-state index is 5.67. The monoisotopic (exact) mass is 177 g/mol. The normalized spacial score (nSPS) is 9.92. The van der Waals surface area contributed by atoms with Crippen LogP contribution < -0.4 is 4.43 Å². The van der Waals surface area contributed by atoms with Gasteiger partial charge in [0.1, 0.15) is 5.75 Å². The van der Waals surface area contributed by atoms with Crippen LogP contribution in [-0.4, -0.2) is 9.04 Å². The zero-order valence-corrected chi connectivity index (χ0v) is 8.50. The van der Waals surface area contributed by atoms with Crippen molar-refractivity contribution in [1.82, 2.24) is 0 Å². The van der Waals surface area contributed by atoms with Gasteiger partial charge in [0.25, 0.3) is 9.04 Å². The van der Waals surface area contributed by atoms with Gasteiger partial charge in [0, 0.05) is 5.56 Å². The Morgan fingerprint density at radius 3 is 2.58 bits per heavy atom. The van der Waals surface area contributed by atoms with Gasteiger partial charge in [-0.05, 0) is 19.2 Å². The second-order valence-corrected chi connectivity index (χ2v) is 4.77. The molecule has 12 heavy (non-hydrogen) atoms. The van der Waals surface area contributed by atoms with Crippen LogP contribution in [0.2, 0.25) is 13.1 Å². The van der Waals surface area contributed by atoms with Crippen LogP contribution in [0.1, 0.15) is 5.56 Å². The fourth-order valence-electron chi connectivity index (χ4n) is 0.962. The van der Waals surface area contributed by atoms with Gasteiger partial charge in [-0.25, -0.2) is 0 Å². The number of benzene rings is 1. The van der Waals surface area contributed by atoms with Crippen LogP contribution in [0.3, 0.4) is 0 Å². The molecule has 1 nitrogen and oxygen atoms in total. The molecule has 0 aliphatic carbocycles. The van der Waals surface area contributed by atoms with E-state index in [9.17, 15) is 0 Å². The van der Waals surface area contributed by atoms with E-state index in [0.29, 0.717) is 0 Å². The van der Waals surface area contributed by atoms with Crippen molar-refractivity contribution in [2.45, 2.75) is 13.1 Å². The largest absolute Gasteiger partial charge is 0.542 e. The molecule has 1 rings (SSSR count). The number of para-hydroxylation sites is 1. The Labute approximate surface area is 75.4 Å². The van der Waals surface area contributed by atoms with Crippen molar-refractivity contribution in [2.24, 2.45) is 0 Å². The third-order valence-corrected chi connectivity index (χ3v) is 2.08. The van der Waals surface area contributed by atoms with E-state index >= 15 is 0 Å². The molecule has 1 aromatic carbocycles. The first-order chi connectivity index (χ1) is 5.74. The summed E-state index contributed by atoms with van der Waals surface area (Å²) in [6.07, 6.45) is 1.82. The first-order valence-electron chi connectivity index (χ1n) is 3.93. The standard InChI is InChI=1S/C10H13OSi/c1-4-9-7-5-6-8-10(9)11-12(2)3/h4-8H,1H2,2-3H3. The van der Waals surface area contributed by atoms with Crippen molar-refractivity contribution in [1.29, 1.82) is 0 Å². The molecule has 0 N–H and O–H groups in total. The summed E-state index contributed by atoms with van der Waals surface area (Å²) in [5, 5.41) is 0. The molecule has 0 saturated heterocycles. The van der Waals surface area contributed by atoms with E-state index in [4.69, 9.17) is 4.43 Å². The van der Waals surface area contributed by atoms with E-state index in [1.807, 2.05) is 30.3 Å². The van der Waals surface area contributed by atoms with E-state index in [1.54, 1.807) is 0 Å². The van der Waals surface area contributed by atoms with Crippen molar-refractivity contribution in [2.75, 3.05) is 0 Å². The Bertz CT molecular complexity index is 268. The molecule has 63 valence electrons. The zero-order valence-electron chi connectivity index (χ0n) is 7.50. The molecule has 0 aliphatic rings. The zero-order chi connectivity index (χ0) is 8.97. The van der Waals surface area contributed by atoms with Crippen molar-refractivity contribution in [3.63, 3.8) is 0 Å². The lowest BCUT2D eigenvalue weighted by Crippen LogP contribution is -2.11. The fraction of sp³-hybridized carbons (Fsp3) is 0.200. The van der Waals surface area contributed by atoms with Crippen molar-refractivity contribution in [3.8, 4) is 5.75 Å². The number of hydrogen-bond acceptors (Lipinski definition) is 1. The summed E-state index contributed by atoms with van der Waals surface area (Å²) in [5.41, 5.74) is 1.07. The summed E-state index contributed by atoms with van der Waals surface area (Å²) in [7, 11) is -0.667. The third kappa shape index (κ3) is 2.24. The maximum absolute atomic E-state index is 5.67. The lowest BCUT2D eigenvalue weighted by Gasteiger charge is -2.10. The molecule has 0 fully saturated rings. The molecule has 2 heteroatoms. The average Bonchev–Trinajstić information content (AvgIpc) is 2.04. The van der Waals surface area contributed by atoms with Crippen molar-refractivity contribution >= 4 is 15.1 Å². The van der Waals surface area contributed by atoms with Gasteiger partial charge in [0.05, 0.1) is 0 Å². The first kappa shape index (κ1) is 9.07. The third-order valence-electron chi connectivity index (χ3n) is 1.45. The topological polar surface area (TPSA) is 9.23 Å². The summed E-state index contributed by atoms with van der Waals surface area (Å²) in [6.45, 7) is 7.96. The highest BCUT2D eigenvalue weighted by Crippen LogP contribution is 2.19. The summed E-state index contributed by atoms with van der Waals surface area (Å²) in [4.78, 5) is 0. The Morgan fingerprint density at radius 1 is 1.33 bits per heavy atom. The van der Waals surface area contributed by atoms with E-state index in [2.05, 4.69) is 19.7 Å². The molecule has 0 aromatic heterocycles. The molecule has 0 bridgehead atoms. The lowest BCUT2D eigenvalue weighted by molar-refractivity contribution is 0.579. The minimum Gasteiger partial charge on any atom is -0.542 e.